The molecule has 0 aliphatic carbocycles. The maximum atomic E-state index is 12.2. The third-order valence-electron chi connectivity index (χ3n) is 4.26. The molecule has 0 bridgehead atoms. The Labute approximate surface area is 205 Å². The number of rotatable bonds is 9. The van der Waals surface area contributed by atoms with Crippen molar-refractivity contribution in [2.24, 2.45) is 5.10 Å². The number of sulfonamides is 1. The first kappa shape index (κ1) is 25.0. The number of halogens is 1. The van der Waals surface area contributed by atoms with Gasteiger partial charge >= 0.3 is 5.97 Å². The number of carbonyl (C=O) groups is 2. The standard InChI is InChI=1S/C24H20BrN3O5S/c25-20-12-13-22(33-24(30)14-11-18-7-3-1-4-8-18)19(15-20)16-26-28-23(29)17-27-34(31,32)21-9-5-2-6-10-21/h1-16,27H,17H2,(H,28,29). The monoisotopic (exact) mass is 541 g/mol. The van der Waals surface area contributed by atoms with Gasteiger partial charge in [0.25, 0.3) is 5.91 Å². The Balaban J connectivity index is 1.59. The van der Waals surface area contributed by atoms with Crippen molar-refractivity contribution in [2.45, 2.75) is 4.90 Å². The molecule has 0 spiro atoms. The molecule has 3 aromatic rings. The number of benzene rings is 3. The molecule has 3 rings (SSSR count). The van der Waals surface area contributed by atoms with Crippen molar-refractivity contribution in [1.82, 2.24) is 10.1 Å². The van der Waals surface area contributed by atoms with E-state index in [4.69, 9.17) is 4.74 Å². The fraction of sp³-hybridized carbons (Fsp3) is 0.0417. The summed E-state index contributed by atoms with van der Waals surface area (Å²) in [6.45, 7) is -0.501. The highest BCUT2D eigenvalue weighted by molar-refractivity contribution is 9.10. The zero-order chi connectivity index (χ0) is 24.4. The van der Waals surface area contributed by atoms with Gasteiger partial charge in [-0.3, -0.25) is 4.79 Å². The van der Waals surface area contributed by atoms with E-state index in [9.17, 15) is 18.0 Å². The van der Waals surface area contributed by atoms with Crippen LogP contribution in [0.25, 0.3) is 6.08 Å². The van der Waals surface area contributed by atoms with Crippen molar-refractivity contribution < 1.29 is 22.7 Å². The number of hydrogen-bond acceptors (Lipinski definition) is 6. The van der Waals surface area contributed by atoms with E-state index in [1.807, 2.05) is 30.3 Å². The van der Waals surface area contributed by atoms with Gasteiger partial charge in [0.15, 0.2) is 0 Å². The Morgan fingerprint density at radius 3 is 2.35 bits per heavy atom. The van der Waals surface area contributed by atoms with Gasteiger partial charge in [0.05, 0.1) is 17.7 Å². The van der Waals surface area contributed by atoms with E-state index in [0.717, 1.165) is 5.56 Å². The number of nitrogens with one attached hydrogen (secondary N) is 2. The quantitative estimate of drug-likeness (QED) is 0.141. The van der Waals surface area contributed by atoms with Crippen LogP contribution in [0.2, 0.25) is 0 Å². The molecular weight excluding hydrogens is 522 g/mol. The number of esters is 1. The number of hydrazone groups is 1. The normalized spacial score (nSPS) is 11.6. The van der Waals surface area contributed by atoms with E-state index >= 15 is 0 Å². The number of hydrogen-bond donors (Lipinski definition) is 2. The summed E-state index contributed by atoms with van der Waals surface area (Å²) in [5.74, 6) is -1.02. The second kappa shape index (κ2) is 12.0. The van der Waals surface area contributed by atoms with Crippen LogP contribution in [0.3, 0.4) is 0 Å². The number of amides is 1. The first-order valence-electron chi connectivity index (χ1n) is 9.94. The predicted molar refractivity (Wildman–Crippen MR) is 133 cm³/mol. The van der Waals surface area contributed by atoms with Crippen LogP contribution in [0.15, 0.2) is 99.4 Å². The molecule has 0 aromatic heterocycles. The molecule has 174 valence electrons. The maximum absolute atomic E-state index is 12.2. The molecular formula is C24H20BrN3O5S. The van der Waals surface area contributed by atoms with Crippen molar-refractivity contribution in [3.05, 3.63) is 101 Å². The summed E-state index contributed by atoms with van der Waals surface area (Å²) in [5, 5.41) is 3.83. The number of nitrogens with zero attached hydrogens (tertiary/aromatic N) is 1. The second-order valence-electron chi connectivity index (χ2n) is 6.78. The highest BCUT2D eigenvalue weighted by atomic mass is 79.9. The van der Waals surface area contributed by atoms with Gasteiger partial charge in [0.2, 0.25) is 10.0 Å². The highest BCUT2D eigenvalue weighted by Crippen LogP contribution is 2.22. The summed E-state index contributed by atoms with van der Waals surface area (Å²) in [6, 6.07) is 21.9. The Morgan fingerprint density at radius 2 is 1.65 bits per heavy atom. The topological polar surface area (TPSA) is 114 Å². The number of ether oxygens (including phenoxy) is 1. The largest absolute Gasteiger partial charge is 0.423 e. The molecule has 34 heavy (non-hydrogen) atoms. The summed E-state index contributed by atoms with van der Waals surface area (Å²) in [6.07, 6.45) is 4.22. The summed E-state index contributed by atoms with van der Waals surface area (Å²) >= 11 is 3.33. The van der Waals surface area contributed by atoms with E-state index in [0.29, 0.717) is 10.0 Å². The fourth-order valence-electron chi connectivity index (χ4n) is 2.64. The second-order valence-corrected chi connectivity index (χ2v) is 9.46. The molecule has 0 aliphatic heterocycles. The van der Waals surface area contributed by atoms with Crippen LogP contribution in [0.5, 0.6) is 5.75 Å². The zero-order valence-corrected chi connectivity index (χ0v) is 20.1. The van der Waals surface area contributed by atoms with Crippen molar-refractivity contribution in [3.63, 3.8) is 0 Å². The van der Waals surface area contributed by atoms with Gasteiger partial charge in [0.1, 0.15) is 5.75 Å². The third-order valence-corrected chi connectivity index (χ3v) is 6.17. The van der Waals surface area contributed by atoms with E-state index in [-0.39, 0.29) is 10.6 Å². The molecule has 0 saturated heterocycles. The highest BCUT2D eigenvalue weighted by Gasteiger charge is 2.14. The Hall–Kier alpha value is -3.60. The average molecular weight is 542 g/mol. The summed E-state index contributed by atoms with van der Waals surface area (Å²) in [7, 11) is -3.82. The van der Waals surface area contributed by atoms with Gasteiger partial charge in [-0.15, -0.1) is 0 Å². The molecule has 0 aliphatic rings. The summed E-state index contributed by atoms with van der Waals surface area (Å²) in [5.41, 5.74) is 3.50. The van der Waals surface area contributed by atoms with Crippen LogP contribution < -0.4 is 14.9 Å². The molecule has 0 fully saturated rings. The Kier molecular flexibility index (Phi) is 8.86. The van der Waals surface area contributed by atoms with E-state index in [2.05, 4.69) is 31.2 Å². The molecule has 8 nitrogen and oxygen atoms in total. The van der Waals surface area contributed by atoms with Crippen LogP contribution in [-0.4, -0.2) is 33.1 Å². The summed E-state index contributed by atoms with van der Waals surface area (Å²) in [4.78, 5) is 24.3. The van der Waals surface area contributed by atoms with Crippen LogP contribution in [-0.2, 0) is 19.6 Å². The Morgan fingerprint density at radius 1 is 0.971 bits per heavy atom. The molecule has 2 N–H and O–H groups in total. The van der Waals surface area contributed by atoms with E-state index in [1.54, 1.807) is 42.5 Å². The third kappa shape index (κ3) is 7.77. The number of carbonyl (C=O) groups excluding carboxylic acids is 2. The van der Waals surface area contributed by atoms with E-state index in [1.165, 1.54) is 24.4 Å². The van der Waals surface area contributed by atoms with Crippen LogP contribution >= 0.6 is 15.9 Å². The average Bonchev–Trinajstić information content (AvgIpc) is 2.84. The first-order chi connectivity index (χ1) is 16.3. The van der Waals surface area contributed by atoms with Crippen molar-refractivity contribution in [1.29, 1.82) is 0 Å². The van der Waals surface area contributed by atoms with Gasteiger partial charge in [-0.25, -0.2) is 23.4 Å². The van der Waals surface area contributed by atoms with Crippen LogP contribution in [0.1, 0.15) is 11.1 Å². The van der Waals surface area contributed by atoms with Crippen molar-refractivity contribution in [3.8, 4) is 5.75 Å². The predicted octanol–water partition coefficient (Wildman–Crippen LogP) is 3.50. The lowest BCUT2D eigenvalue weighted by Gasteiger charge is -2.07. The molecule has 0 unspecified atom stereocenters. The minimum absolute atomic E-state index is 0.0493. The minimum Gasteiger partial charge on any atom is -0.423 e. The van der Waals surface area contributed by atoms with E-state index < -0.39 is 28.4 Å². The van der Waals surface area contributed by atoms with Gasteiger partial charge in [-0.1, -0.05) is 64.5 Å². The smallest absolute Gasteiger partial charge is 0.336 e. The lowest BCUT2D eigenvalue weighted by atomic mass is 10.2. The molecule has 0 heterocycles. The molecule has 0 saturated carbocycles. The van der Waals surface area contributed by atoms with Gasteiger partial charge in [-0.05, 0) is 42.0 Å². The lowest BCUT2D eigenvalue weighted by molar-refractivity contribution is -0.129. The molecule has 0 atom stereocenters. The van der Waals surface area contributed by atoms with Crippen molar-refractivity contribution >= 4 is 50.1 Å². The zero-order valence-electron chi connectivity index (χ0n) is 17.7. The molecule has 0 radical (unpaired) electrons. The van der Waals surface area contributed by atoms with Crippen LogP contribution in [0, 0.1) is 0 Å². The first-order valence-corrected chi connectivity index (χ1v) is 12.2. The fourth-order valence-corrected chi connectivity index (χ4v) is 4.02. The molecule has 1 amide bonds. The Bertz CT molecular complexity index is 1310. The maximum Gasteiger partial charge on any atom is 0.336 e. The summed E-state index contributed by atoms with van der Waals surface area (Å²) < 4.78 is 32.6. The van der Waals surface area contributed by atoms with Gasteiger partial charge < -0.3 is 4.74 Å². The van der Waals surface area contributed by atoms with Crippen molar-refractivity contribution in [2.75, 3.05) is 6.54 Å². The van der Waals surface area contributed by atoms with Crippen LogP contribution in [0.4, 0.5) is 0 Å². The minimum atomic E-state index is -3.82. The van der Waals surface area contributed by atoms with Gasteiger partial charge in [0, 0.05) is 16.1 Å². The SMILES string of the molecule is O=C(CNS(=O)(=O)c1ccccc1)NN=Cc1cc(Br)ccc1OC(=O)C=Cc1ccccc1. The van der Waals surface area contributed by atoms with Gasteiger partial charge in [-0.2, -0.15) is 5.10 Å². The lowest BCUT2D eigenvalue weighted by Crippen LogP contribution is -2.34. The molecule has 10 heteroatoms. The molecule has 3 aromatic carbocycles.